The Balaban J connectivity index is 2.04. The molecular weight excluding hydrogens is 344 g/mol. The molecule has 0 amide bonds. The summed E-state index contributed by atoms with van der Waals surface area (Å²) >= 11 is 0. The summed E-state index contributed by atoms with van der Waals surface area (Å²) in [6.07, 6.45) is 3.00. The molecule has 0 radical (unpaired) electrons. The second kappa shape index (κ2) is 6.15. The van der Waals surface area contributed by atoms with Gasteiger partial charge in [-0.05, 0) is 32.6 Å². The molecule has 5 nitrogen and oxygen atoms in total. The van der Waals surface area contributed by atoms with Crippen LogP contribution in [0.2, 0.25) is 0 Å². The first-order valence-corrected chi connectivity index (χ1v) is 10.0. The third-order valence-corrected chi connectivity index (χ3v) is 8.11. The van der Waals surface area contributed by atoms with Crippen LogP contribution in [0.25, 0.3) is 0 Å². The molecule has 0 aromatic heterocycles. The second-order valence-electron chi connectivity index (χ2n) is 10.0. The molecule has 7 atom stereocenters. The van der Waals surface area contributed by atoms with Crippen molar-refractivity contribution in [1.29, 1.82) is 0 Å². The van der Waals surface area contributed by atoms with Gasteiger partial charge in [0.1, 0.15) is 11.7 Å². The number of Topliss-reactive ketones (excluding diaryl/α,β-unsaturated/α-hetero) is 1. The summed E-state index contributed by atoms with van der Waals surface area (Å²) in [5.74, 6) is -0.442. The first-order chi connectivity index (χ1) is 12.3. The summed E-state index contributed by atoms with van der Waals surface area (Å²) in [5, 5.41) is 11.2. The van der Waals surface area contributed by atoms with Crippen molar-refractivity contribution in [3.8, 4) is 0 Å². The Morgan fingerprint density at radius 1 is 1.26 bits per heavy atom. The van der Waals surface area contributed by atoms with Gasteiger partial charge < -0.3 is 14.6 Å². The smallest absolute Gasteiger partial charge is 0.302 e. The van der Waals surface area contributed by atoms with Crippen molar-refractivity contribution in [2.45, 2.75) is 90.6 Å². The Hall–Kier alpha value is -1.20. The predicted octanol–water partition coefficient (Wildman–Crippen LogP) is 3.43. The van der Waals surface area contributed by atoms with Crippen molar-refractivity contribution in [3.63, 3.8) is 0 Å². The van der Waals surface area contributed by atoms with Crippen LogP contribution in [0.3, 0.4) is 0 Å². The highest BCUT2D eigenvalue weighted by Gasteiger charge is 2.69. The van der Waals surface area contributed by atoms with Gasteiger partial charge in [0.2, 0.25) is 0 Å². The van der Waals surface area contributed by atoms with Gasteiger partial charge in [-0.15, -0.1) is 6.58 Å². The molecule has 1 saturated heterocycles. The monoisotopic (exact) mass is 378 g/mol. The highest BCUT2D eigenvalue weighted by Crippen LogP contribution is 2.65. The summed E-state index contributed by atoms with van der Waals surface area (Å²) in [6, 6.07) is 0. The normalized spacial score (nSPS) is 48.9. The third-order valence-electron chi connectivity index (χ3n) is 8.11. The van der Waals surface area contributed by atoms with Crippen LogP contribution in [0.15, 0.2) is 12.7 Å². The lowest BCUT2D eigenvalue weighted by Crippen LogP contribution is -2.71. The van der Waals surface area contributed by atoms with Crippen LogP contribution >= 0.6 is 0 Å². The van der Waals surface area contributed by atoms with Crippen molar-refractivity contribution in [2.24, 2.45) is 22.7 Å². The quantitative estimate of drug-likeness (QED) is 0.589. The van der Waals surface area contributed by atoms with Crippen LogP contribution < -0.4 is 0 Å². The minimum Gasteiger partial charge on any atom is -0.462 e. The molecular formula is C22H34O5. The topological polar surface area (TPSA) is 72.8 Å². The lowest BCUT2D eigenvalue weighted by molar-refractivity contribution is -0.271. The van der Waals surface area contributed by atoms with Crippen LogP contribution in [0.5, 0.6) is 0 Å². The van der Waals surface area contributed by atoms with Crippen molar-refractivity contribution in [3.05, 3.63) is 12.7 Å². The summed E-state index contributed by atoms with van der Waals surface area (Å²) in [5.41, 5.74) is -2.35. The maximum Gasteiger partial charge on any atom is 0.302 e. The standard InChI is InChI=1S/C22H34O5/c1-8-20(5)10-9-14-21(6)15(11-17(25)22(14,7)27-20)19(3,4)18(12-16(21)24)26-13(2)23/h8,14-16,18,24H,1,9-12H2,2-7H3/t14-,15+,16+,18-,20+,21-,22+/m0/s1. The van der Waals surface area contributed by atoms with E-state index in [9.17, 15) is 14.7 Å². The van der Waals surface area contributed by atoms with E-state index in [0.29, 0.717) is 12.8 Å². The number of aliphatic hydroxyl groups is 1. The van der Waals surface area contributed by atoms with Crippen molar-refractivity contribution < 1.29 is 24.2 Å². The number of carbonyl (C=O) groups excluding carboxylic acids is 2. The SMILES string of the molecule is C=C[C@]1(C)CC[C@H]2[C@]3(C)[C@H](O)C[C@H](OC(C)=O)C(C)(C)[C@H]3CC(=O)[C@]2(C)O1. The van der Waals surface area contributed by atoms with E-state index in [1.54, 1.807) is 6.08 Å². The number of ketones is 1. The molecule has 0 bridgehead atoms. The molecule has 2 saturated carbocycles. The third kappa shape index (κ3) is 2.80. The van der Waals surface area contributed by atoms with Gasteiger partial charge in [-0.25, -0.2) is 0 Å². The molecule has 1 N–H and O–H groups in total. The average Bonchev–Trinajstić information content (AvgIpc) is 2.55. The molecule has 152 valence electrons. The predicted molar refractivity (Wildman–Crippen MR) is 102 cm³/mol. The van der Waals surface area contributed by atoms with Crippen molar-refractivity contribution in [2.75, 3.05) is 0 Å². The fourth-order valence-corrected chi connectivity index (χ4v) is 6.38. The lowest BCUT2D eigenvalue weighted by Gasteiger charge is -2.66. The molecule has 1 aliphatic heterocycles. The van der Waals surface area contributed by atoms with Gasteiger partial charge in [-0.3, -0.25) is 9.59 Å². The Bertz CT molecular complexity index is 670. The molecule has 3 fully saturated rings. The van der Waals surface area contributed by atoms with E-state index >= 15 is 0 Å². The van der Waals surface area contributed by atoms with E-state index in [-0.39, 0.29) is 23.6 Å². The molecule has 0 aromatic carbocycles. The Morgan fingerprint density at radius 2 is 1.89 bits per heavy atom. The van der Waals surface area contributed by atoms with Crippen LogP contribution in [-0.2, 0) is 19.1 Å². The van der Waals surface area contributed by atoms with E-state index in [1.807, 2.05) is 13.8 Å². The highest BCUT2D eigenvalue weighted by atomic mass is 16.5. The number of ether oxygens (including phenoxy) is 2. The maximum absolute atomic E-state index is 13.3. The Kier molecular flexibility index (Phi) is 4.68. The van der Waals surface area contributed by atoms with Crippen LogP contribution in [0, 0.1) is 22.7 Å². The number of esters is 1. The van der Waals surface area contributed by atoms with E-state index in [0.717, 1.165) is 12.8 Å². The summed E-state index contributed by atoms with van der Waals surface area (Å²) in [6.45, 7) is 15.4. The first kappa shape index (κ1) is 20.5. The zero-order valence-electron chi connectivity index (χ0n) is 17.5. The van der Waals surface area contributed by atoms with Gasteiger partial charge in [-0.2, -0.15) is 0 Å². The molecule has 3 rings (SSSR count). The van der Waals surface area contributed by atoms with Crippen molar-refractivity contribution >= 4 is 11.8 Å². The number of aliphatic hydroxyl groups excluding tert-OH is 1. The minimum atomic E-state index is -0.933. The Labute approximate surface area is 162 Å². The highest BCUT2D eigenvalue weighted by molar-refractivity contribution is 5.89. The van der Waals surface area contributed by atoms with Gasteiger partial charge in [0, 0.05) is 36.5 Å². The van der Waals surface area contributed by atoms with Crippen LogP contribution in [-0.4, -0.2) is 40.3 Å². The second-order valence-corrected chi connectivity index (χ2v) is 10.0. The number of carbonyl (C=O) groups is 2. The Morgan fingerprint density at radius 3 is 2.44 bits per heavy atom. The first-order valence-electron chi connectivity index (χ1n) is 10.0. The number of fused-ring (bicyclic) bond motifs is 3. The molecule has 1 heterocycles. The lowest BCUT2D eigenvalue weighted by atomic mass is 9.42. The van der Waals surface area contributed by atoms with Gasteiger partial charge in [0.05, 0.1) is 11.7 Å². The van der Waals surface area contributed by atoms with Gasteiger partial charge in [0.15, 0.2) is 5.78 Å². The number of hydrogen-bond acceptors (Lipinski definition) is 5. The fourth-order valence-electron chi connectivity index (χ4n) is 6.38. The molecule has 5 heteroatoms. The largest absolute Gasteiger partial charge is 0.462 e. The summed E-state index contributed by atoms with van der Waals surface area (Å²) < 4.78 is 11.9. The summed E-state index contributed by atoms with van der Waals surface area (Å²) in [7, 11) is 0. The van der Waals surface area contributed by atoms with E-state index in [4.69, 9.17) is 9.47 Å². The van der Waals surface area contributed by atoms with Gasteiger partial charge in [-0.1, -0.05) is 26.8 Å². The van der Waals surface area contributed by atoms with E-state index in [1.165, 1.54) is 6.92 Å². The summed E-state index contributed by atoms with van der Waals surface area (Å²) in [4.78, 5) is 24.9. The van der Waals surface area contributed by atoms with Crippen LogP contribution in [0.4, 0.5) is 0 Å². The maximum atomic E-state index is 13.3. The van der Waals surface area contributed by atoms with E-state index < -0.39 is 34.2 Å². The van der Waals surface area contributed by atoms with Gasteiger partial charge >= 0.3 is 5.97 Å². The number of hydrogen-bond donors (Lipinski definition) is 1. The van der Waals surface area contributed by atoms with Crippen LogP contribution in [0.1, 0.15) is 67.2 Å². The van der Waals surface area contributed by atoms with Gasteiger partial charge in [0.25, 0.3) is 0 Å². The molecule has 0 unspecified atom stereocenters. The fraction of sp³-hybridized carbons (Fsp3) is 0.818. The van der Waals surface area contributed by atoms with Crippen molar-refractivity contribution in [1.82, 2.24) is 0 Å². The zero-order chi connectivity index (χ0) is 20.4. The zero-order valence-corrected chi connectivity index (χ0v) is 17.5. The number of rotatable bonds is 2. The average molecular weight is 379 g/mol. The molecule has 3 aliphatic rings. The molecule has 2 aliphatic carbocycles. The molecule has 27 heavy (non-hydrogen) atoms. The molecule has 0 spiro atoms. The minimum absolute atomic E-state index is 0.0755. The molecule has 0 aromatic rings. The van der Waals surface area contributed by atoms with E-state index in [2.05, 4.69) is 27.4 Å².